The number of amides is 2. The van der Waals surface area contributed by atoms with Crippen molar-refractivity contribution in [2.45, 2.75) is 44.2 Å². The summed E-state index contributed by atoms with van der Waals surface area (Å²) in [6.07, 6.45) is 7.00. The van der Waals surface area contributed by atoms with Crippen molar-refractivity contribution in [3.8, 4) is 0 Å². The van der Waals surface area contributed by atoms with Crippen LogP contribution in [0.2, 0.25) is 0 Å². The van der Waals surface area contributed by atoms with E-state index in [9.17, 15) is 19.8 Å². The van der Waals surface area contributed by atoms with Gasteiger partial charge in [-0.1, -0.05) is 103 Å². The summed E-state index contributed by atoms with van der Waals surface area (Å²) in [5.74, 6) is -1.52. The molecule has 2 aliphatic rings. The second kappa shape index (κ2) is 14.0. The van der Waals surface area contributed by atoms with Gasteiger partial charge >= 0.3 is 0 Å². The van der Waals surface area contributed by atoms with Gasteiger partial charge in [0, 0.05) is 42.8 Å². The van der Waals surface area contributed by atoms with Crippen LogP contribution in [0.25, 0.3) is 0 Å². The number of nitrogens with zero attached hydrogens (tertiary/aromatic N) is 6. The number of rotatable bonds is 11. The molecule has 10 heteroatoms. The molecule has 252 valence electrons. The highest BCUT2D eigenvalue weighted by Crippen LogP contribution is 2.49. The van der Waals surface area contributed by atoms with Gasteiger partial charge in [-0.2, -0.15) is 5.10 Å². The lowest BCUT2D eigenvalue weighted by atomic mass is 9.82. The number of aliphatic hydroxyl groups is 2. The fraction of sp³-hybridized carbons (Fsp3) is 0.225. The average Bonchev–Trinajstić information content (AvgIpc) is 3.71. The Morgan fingerprint density at radius 3 is 2.30 bits per heavy atom. The predicted octanol–water partition coefficient (Wildman–Crippen LogP) is 6.08. The lowest BCUT2D eigenvalue weighted by Crippen LogP contribution is -2.42. The summed E-state index contributed by atoms with van der Waals surface area (Å²) in [7, 11) is 0. The van der Waals surface area contributed by atoms with Gasteiger partial charge in [0.25, 0.3) is 5.91 Å². The molecule has 3 heterocycles. The molecular formula is C40H38N6O4. The van der Waals surface area contributed by atoms with E-state index in [1.54, 1.807) is 27.8 Å². The van der Waals surface area contributed by atoms with Gasteiger partial charge in [0.2, 0.25) is 5.91 Å². The van der Waals surface area contributed by atoms with Crippen LogP contribution in [0.1, 0.15) is 54.5 Å². The number of carbonyl (C=O) groups excluding carboxylic acids is 2. The lowest BCUT2D eigenvalue weighted by Gasteiger charge is -2.28. The number of carbonyl (C=O) groups is 2. The van der Waals surface area contributed by atoms with Crippen molar-refractivity contribution in [3.63, 3.8) is 0 Å². The number of aryl methyl sites for hydroxylation is 1. The lowest BCUT2D eigenvalue weighted by molar-refractivity contribution is -0.138. The van der Waals surface area contributed by atoms with Gasteiger partial charge in [0.1, 0.15) is 0 Å². The number of fused-ring (bicyclic) bond motifs is 1. The van der Waals surface area contributed by atoms with Crippen LogP contribution in [0.3, 0.4) is 0 Å². The number of benzene rings is 4. The molecule has 2 amide bonds. The smallest absolute Gasteiger partial charge is 0.268 e. The first-order valence-electron chi connectivity index (χ1n) is 16.8. The average molecular weight is 667 g/mol. The largest absolute Gasteiger partial charge is 0.395 e. The molecule has 2 aliphatic heterocycles. The van der Waals surface area contributed by atoms with Crippen LogP contribution in [0.5, 0.6) is 0 Å². The van der Waals surface area contributed by atoms with E-state index >= 15 is 0 Å². The van der Waals surface area contributed by atoms with Gasteiger partial charge in [-0.05, 0) is 47.9 Å². The Morgan fingerprint density at radius 1 is 0.880 bits per heavy atom. The van der Waals surface area contributed by atoms with Crippen LogP contribution in [-0.2, 0) is 21.7 Å². The summed E-state index contributed by atoms with van der Waals surface area (Å²) in [4.78, 5) is 29.0. The molecule has 0 bridgehead atoms. The Bertz CT molecular complexity index is 2050. The van der Waals surface area contributed by atoms with Gasteiger partial charge in [0.15, 0.2) is 5.60 Å². The second-order valence-electron chi connectivity index (χ2n) is 12.6. The van der Waals surface area contributed by atoms with E-state index in [2.05, 4.69) is 10.3 Å². The third-order valence-electron chi connectivity index (χ3n) is 9.47. The predicted molar refractivity (Wildman–Crippen MR) is 192 cm³/mol. The number of hydrogen-bond acceptors (Lipinski definition) is 7. The summed E-state index contributed by atoms with van der Waals surface area (Å²) in [6.45, 7) is 2.25. The Balaban J connectivity index is 1.15. The molecule has 2 N–H and O–H groups in total. The van der Waals surface area contributed by atoms with Crippen molar-refractivity contribution in [2.24, 2.45) is 11.0 Å². The molecule has 0 radical (unpaired) electrons. The van der Waals surface area contributed by atoms with Crippen LogP contribution in [0, 0.1) is 5.92 Å². The maximum Gasteiger partial charge on any atom is 0.268 e. The molecule has 1 unspecified atom stereocenters. The molecule has 1 aromatic heterocycles. The quantitative estimate of drug-likeness (QED) is 0.165. The molecule has 0 saturated carbocycles. The first kappa shape index (κ1) is 32.8. The van der Waals surface area contributed by atoms with Crippen molar-refractivity contribution in [1.82, 2.24) is 15.0 Å². The molecule has 0 saturated heterocycles. The summed E-state index contributed by atoms with van der Waals surface area (Å²) < 4.78 is 1.73. The molecule has 0 aliphatic carbocycles. The minimum atomic E-state index is -1.91. The van der Waals surface area contributed by atoms with Crippen molar-refractivity contribution >= 4 is 34.6 Å². The fourth-order valence-corrected chi connectivity index (χ4v) is 6.70. The van der Waals surface area contributed by atoms with Crippen molar-refractivity contribution in [2.75, 3.05) is 16.5 Å². The topological polar surface area (TPSA) is 124 Å². The molecule has 50 heavy (non-hydrogen) atoms. The van der Waals surface area contributed by atoms with E-state index in [4.69, 9.17) is 5.10 Å². The van der Waals surface area contributed by atoms with Crippen LogP contribution >= 0.6 is 0 Å². The maximum atomic E-state index is 14.3. The van der Waals surface area contributed by atoms with Crippen molar-refractivity contribution in [1.29, 1.82) is 0 Å². The van der Waals surface area contributed by atoms with Crippen LogP contribution in [-0.4, -0.2) is 49.3 Å². The van der Waals surface area contributed by atoms with Crippen molar-refractivity contribution < 1.29 is 19.8 Å². The first-order chi connectivity index (χ1) is 24.4. The minimum Gasteiger partial charge on any atom is -0.395 e. The highest BCUT2D eigenvalue weighted by atomic mass is 16.3. The molecule has 10 nitrogen and oxygen atoms in total. The number of para-hydroxylation sites is 1. The zero-order valence-corrected chi connectivity index (χ0v) is 27.7. The van der Waals surface area contributed by atoms with Crippen LogP contribution in [0.4, 0.5) is 17.1 Å². The minimum absolute atomic E-state index is 0.0810. The number of anilines is 3. The molecule has 5 aromatic rings. The Kier molecular flexibility index (Phi) is 9.21. The Hall–Kier alpha value is -5.71. The van der Waals surface area contributed by atoms with Gasteiger partial charge < -0.3 is 10.2 Å². The van der Waals surface area contributed by atoms with Crippen molar-refractivity contribution in [3.05, 3.63) is 150 Å². The van der Waals surface area contributed by atoms with Gasteiger partial charge in [-0.25, -0.2) is 5.01 Å². The summed E-state index contributed by atoms with van der Waals surface area (Å²) in [6, 6.07) is 34.0. The maximum absolute atomic E-state index is 14.3. The number of allylic oxidation sites excluding steroid dienone is 1. The van der Waals surface area contributed by atoms with E-state index in [1.165, 1.54) is 5.01 Å². The van der Waals surface area contributed by atoms with E-state index in [0.29, 0.717) is 54.1 Å². The van der Waals surface area contributed by atoms with E-state index in [1.807, 2.05) is 116 Å². The zero-order chi connectivity index (χ0) is 34.7. The third kappa shape index (κ3) is 6.15. The number of aromatic nitrogens is 3. The number of aliphatic hydroxyl groups excluding tert-OH is 1. The van der Waals surface area contributed by atoms with E-state index in [-0.39, 0.29) is 18.4 Å². The van der Waals surface area contributed by atoms with Gasteiger partial charge in [-0.15, -0.1) is 5.10 Å². The van der Waals surface area contributed by atoms with E-state index in [0.717, 1.165) is 16.8 Å². The van der Waals surface area contributed by atoms with E-state index < -0.39 is 17.4 Å². The third-order valence-corrected chi connectivity index (χ3v) is 9.47. The zero-order valence-electron chi connectivity index (χ0n) is 27.7. The second-order valence-corrected chi connectivity index (χ2v) is 12.6. The summed E-state index contributed by atoms with van der Waals surface area (Å²) in [5.41, 5.74) is 3.56. The molecule has 4 aromatic carbocycles. The normalized spacial score (nSPS) is 18.7. The standard InChI is InChI=1S/C40H38N6O4/c1-28(13-11-12-24-44-26-36(41-43-44)33(27-47)29-14-5-2-6-15-29)40(50)34-25-32(20-22-37(34)45(39(40)49)31-18-9-4-10-19-31)46-38(48)23-21-35(42-46)30-16-7-3-8-17-30/h2-11,13-20,22,25-26,28,33,47,50H,12,21,23-24,27H2,1H3/b13-11+/t28-,33?,40+/m1/s1. The molecular weight excluding hydrogens is 628 g/mol. The summed E-state index contributed by atoms with van der Waals surface area (Å²) >= 11 is 0. The van der Waals surface area contributed by atoms with Gasteiger partial charge in [-0.3, -0.25) is 19.2 Å². The molecule has 3 atom stereocenters. The number of hydrazone groups is 1. The summed E-state index contributed by atoms with van der Waals surface area (Å²) in [5, 5.41) is 37.1. The Morgan fingerprint density at radius 2 is 1.58 bits per heavy atom. The van der Waals surface area contributed by atoms with Crippen LogP contribution in [0.15, 0.2) is 133 Å². The SMILES string of the molecule is C[C@H](/C=C/CCn1cc(C(CO)c2ccccc2)nn1)[C@@]1(O)C(=O)N(c2ccccc2)c2ccc(N3N=C(c4ccccc4)CCC3=O)cc21. The monoisotopic (exact) mass is 666 g/mol. The molecule has 7 rings (SSSR count). The fourth-order valence-electron chi connectivity index (χ4n) is 6.70. The first-order valence-corrected chi connectivity index (χ1v) is 16.8. The number of hydrogen-bond donors (Lipinski definition) is 2. The van der Waals surface area contributed by atoms with Gasteiger partial charge in [0.05, 0.1) is 35.3 Å². The highest BCUT2D eigenvalue weighted by Gasteiger charge is 2.53. The highest BCUT2D eigenvalue weighted by molar-refractivity contribution is 6.13. The Labute approximate surface area is 290 Å². The molecule has 0 spiro atoms. The molecule has 0 fully saturated rings. The van der Waals surface area contributed by atoms with Crippen LogP contribution < -0.4 is 9.91 Å².